The zero-order chi connectivity index (χ0) is 17.9. The molecule has 0 atom stereocenters. The number of alkyl halides is 3. The van der Waals surface area contributed by atoms with Crippen LogP contribution in [0.5, 0.6) is 0 Å². The van der Waals surface area contributed by atoms with Gasteiger partial charge in [0.1, 0.15) is 0 Å². The SMILES string of the molecule is NCCc1nnc(-c2ccccc2Cc2ccc(C(F)(F)F)cc2)o1. The molecular weight excluding hydrogens is 331 g/mol. The smallest absolute Gasteiger partial charge is 0.416 e. The monoisotopic (exact) mass is 347 g/mol. The zero-order valence-electron chi connectivity index (χ0n) is 13.3. The van der Waals surface area contributed by atoms with Crippen molar-refractivity contribution in [1.82, 2.24) is 10.2 Å². The quantitative estimate of drug-likeness (QED) is 0.761. The maximum absolute atomic E-state index is 12.7. The van der Waals surface area contributed by atoms with Crippen LogP contribution in [0, 0.1) is 0 Å². The van der Waals surface area contributed by atoms with Crippen LogP contribution in [0.3, 0.4) is 0 Å². The van der Waals surface area contributed by atoms with E-state index in [1.54, 1.807) is 0 Å². The van der Waals surface area contributed by atoms with Gasteiger partial charge in [0.15, 0.2) is 0 Å². The Bertz CT molecular complexity index is 841. The first kappa shape index (κ1) is 17.2. The van der Waals surface area contributed by atoms with E-state index in [9.17, 15) is 13.2 Å². The van der Waals surface area contributed by atoms with Gasteiger partial charge in [-0.2, -0.15) is 13.2 Å². The van der Waals surface area contributed by atoms with Crippen molar-refractivity contribution in [3.63, 3.8) is 0 Å². The Morgan fingerprint density at radius 3 is 2.36 bits per heavy atom. The summed E-state index contributed by atoms with van der Waals surface area (Å²) in [6.07, 6.45) is -3.38. The summed E-state index contributed by atoms with van der Waals surface area (Å²) in [5.74, 6) is 0.841. The molecule has 2 aromatic carbocycles. The zero-order valence-corrected chi connectivity index (χ0v) is 13.3. The van der Waals surface area contributed by atoms with Crippen LogP contribution in [0.1, 0.15) is 22.6 Å². The topological polar surface area (TPSA) is 64.9 Å². The van der Waals surface area contributed by atoms with E-state index in [2.05, 4.69) is 10.2 Å². The molecule has 0 bridgehead atoms. The lowest BCUT2D eigenvalue weighted by Crippen LogP contribution is -2.04. The van der Waals surface area contributed by atoms with Crippen LogP contribution >= 0.6 is 0 Å². The molecule has 0 aliphatic rings. The van der Waals surface area contributed by atoms with Crippen LogP contribution < -0.4 is 5.73 Å². The van der Waals surface area contributed by atoms with Crippen LogP contribution in [0.25, 0.3) is 11.5 Å². The Labute approximate surface area is 142 Å². The van der Waals surface area contributed by atoms with Crippen molar-refractivity contribution in [3.05, 3.63) is 71.1 Å². The Kier molecular flexibility index (Phi) is 4.85. The van der Waals surface area contributed by atoms with E-state index in [1.807, 2.05) is 24.3 Å². The Morgan fingerprint density at radius 2 is 1.68 bits per heavy atom. The van der Waals surface area contributed by atoms with Gasteiger partial charge in [0.25, 0.3) is 0 Å². The van der Waals surface area contributed by atoms with Crippen molar-refractivity contribution in [2.75, 3.05) is 6.54 Å². The molecule has 130 valence electrons. The van der Waals surface area contributed by atoms with Crippen molar-refractivity contribution in [2.45, 2.75) is 19.0 Å². The van der Waals surface area contributed by atoms with Gasteiger partial charge in [-0.05, 0) is 35.7 Å². The fourth-order valence-corrected chi connectivity index (χ4v) is 2.50. The van der Waals surface area contributed by atoms with E-state index < -0.39 is 11.7 Å². The van der Waals surface area contributed by atoms with Crippen LogP contribution in [-0.4, -0.2) is 16.7 Å². The number of nitrogens with two attached hydrogens (primary N) is 1. The van der Waals surface area contributed by atoms with Crippen molar-refractivity contribution in [1.29, 1.82) is 0 Å². The van der Waals surface area contributed by atoms with E-state index in [0.717, 1.165) is 28.8 Å². The molecule has 0 radical (unpaired) electrons. The Hall–Kier alpha value is -2.67. The molecule has 0 unspecified atom stereocenters. The van der Waals surface area contributed by atoms with Crippen LogP contribution in [0.15, 0.2) is 52.9 Å². The lowest BCUT2D eigenvalue weighted by molar-refractivity contribution is -0.137. The number of aromatic nitrogens is 2. The molecule has 0 saturated heterocycles. The Morgan fingerprint density at radius 1 is 0.960 bits per heavy atom. The molecule has 4 nitrogen and oxygen atoms in total. The molecule has 1 heterocycles. The fourth-order valence-electron chi connectivity index (χ4n) is 2.50. The first-order valence-corrected chi connectivity index (χ1v) is 7.74. The van der Waals surface area contributed by atoms with E-state index in [4.69, 9.17) is 10.2 Å². The summed E-state index contributed by atoms with van der Waals surface area (Å²) >= 11 is 0. The van der Waals surface area contributed by atoms with E-state index in [1.165, 1.54) is 12.1 Å². The fraction of sp³-hybridized carbons (Fsp3) is 0.222. The molecule has 3 aromatic rings. The predicted molar refractivity (Wildman–Crippen MR) is 86.7 cm³/mol. The molecule has 0 aliphatic heterocycles. The summed E-state index contributed by atoms with van der Waals surface area (Å²) in [5.41, 5.74) is 7.24. The molecule has 25 heavy (non-hydrogen) atoms. The normalized spacial score (nSPS) is 11.7. The lowest BCUT2D eigenvalue weighted by Gasteiger charge is -2.09. The van der Waals surface area contributed by atoms with Gasteiger partial charge in [0.05, 0.1) is 5.56 Å². The van der Waals surface area contributed by atoms with Gasteiger partial charge in [-0.3, -0.25) is 0 Å². The number of rotatable bonds is 5. The number of nitrogens with zero attached hydrogens (tertiary/aromatic N) is 2. The highest BCUT2D eigenvalue weighted by Crippen LogP contribution is 2.30. The molecule has 0 fully saturated rings. The first-order valence-electron chi connectivity index (χ1n) is 7.74. The van der Waals surface area contributed by atoms with Gasteiger partial charge < -0.3 is 10.2 Å². The number of hydrogen-bond donors (Lipinski definition) is 1. The highest BCUT2D eigenvalue weighted by molar-refractivity contribution is 5.59. The molecule has 3 rings (SSSR count). The van der Waals surface area contributed by atoms with Gasteiger partial charge >= 0.3 is 6.18 Å². The third-order valence-electron chi connectivity index (χ3n) is 3.75. The third kappa shape index (κ3) is 4.06. The standard InChI is InChI=1S/C18H16F3N3O/c19-18(20,21)14-7-5-12(6-8-14)11-13-3-1-2-4-15(13)17-24-23-16(25-17)9-10-22/h1-8H,9-11,22H2. The minimum atomic E-state index is -4.33. The largest absolute Gasteiger partial charge is 0.421 e. The molecule has 0 amide bonds. The second-order valence-corrected chi connectivity index (χ2v) is 5.57. The van der Waals surface area contributed by atoms with Crippen LogP contribution in [-0.2, 0) is 19.0 Å². The molecule has 2 N–H and O–H groups in total. The van der Waals surface area contributed by atoms with Crippen LogP contribution in [0.4, 0.5) is 13.2 Å². The summed E-state index contributed by atoms with van der Waals surface area (Å²) in [5, 5.41) is 7.98. The molecule has 0 aliphatic carbocycles. The average Bonchev–Trinajstić information content (AvgIpc) is 3.04. The van der Waals surface area contributed by atoms with E-state index in [-0.39, 0.29) is 0 Å². The molecule has 7 heteroatoms. The van der Waals surface area contributed by atoms with Crippen molar-refractivity contribution in [3.8, 4) is 11.5 Å². The maximum Gasteiger partial charge on any atom is 0.416 e. The van der Waals surface area contributed by atoms with E-state index >= 15 is 0 Å². The molecular formula is C18H16F3N3O. The average molecular weight is 347 g/mol. The summed E-state index contributed by atoms with van der Waals surface area (Å²) < 4.78 is 43.6. The van der Waals surface area contributed by atoms with E-state index in [0.29, 0.717) is 31.2 Å². The van der Waals surface area contributed by atoms with Gasteiger partial charge in [0, 0.05) is 18.5 Å². The van der Waals surface area contributed by atoms with Gasteiger partial charge in [-0.25, -0.2) is 0 Å². The van der Waals surface area contributed by atoms with Gasteiger partial charge in [-0.1, -0.05) is 30.3 Å². The summed E-state index contributed by atoms with van der Waals surface area (Å²) in [6, 6.07) is 12.6. The number of benzene rings is 2. The van der Waals surface area contributed by atoms with Gasteiger partial charge in [0.2, 0.25) is 11.8 Å². The van der Waals surface area contributed by atoms with Crippen molar-refractivity contribution < 1.29 is 17.6 Å². The second-order valence-electron chi connectivity index (χ2n) is 5.57. The Balaban J connectivity index is 1.85. The second kappa shape index (κ2) is 7.06. The first-order chi connectivity index (χ1) is 12.0. The minimum Gasteiger partial charge on any atom is -0.421 e. The summed E-state index contributed by atoms with van der Waals surface area (Å²) in [6.45, 7) is 0.412. The highest BCUT2D eigenvalue weighted by Gasteiger charge is 2.29. The minimum absolute atomic E-state index is 0.381. The van der Waals surface area contributed by atoms with Crippen LogP contribution in [0.2, 0.25) is 0 Å². The summed E-state index contributed by atoms with van der Waals surface area (Å²) in [4.78, 5) is 0. The number of halogens is 3. The van der Waals surface area contributed by atoms with Crippen molar-refractivity contribution >= 4 is 0 Å². The molecule has 0 saturated carbocycles. The lowest BCUT2D eigenvalue weighted by atomic mass is 9.99. The van der Waals surface area contributed by atoms with Crippen molar-refractivity contribution in [2.24, 2.45) is 5.73 Å². The predicted octanol–water partition coefficient (Wildman–Crippen LogP) is 3.85. The maximum atomic E-state index is 12.7. The number of hydrogen-bond acceptors (Lipinski definition) is 4. The molecule has 0 spiro atoms. The van der Waals surface area contributed by atoms with Gasteiger partial charge in [-0.15, -0.1) is 10.2 Å². The summed E-state index contributed by atoms with van der Waals surface area (Å²) in [7, 11) is 0. The molecule has 1 aromatic heterocycles. The third-order valence-corrected chi connectivity index (χ3v) is 3.75. The highest BCUT2D eigenvalue weighted by atomic mass is 19.4.